The first-order valence-corrected chi connectivity index (χ1v) is 3.84. The van der Waals surface area contributed by atoms with Crippen LogP contribution in [0.5, 0.6) is 0 Å². The van der Waals surface area contributed by atoms with Crippen molar-refractivity contribution in [2.75, 3.05) is 5.01 Å². The van der Waals surface area contributed by atoms with Gasteiger partial charge in [-0.15, -0.1) is 0 Å². The maximum atomic E-state index is 10.2. The van der Waals surface area contributed by atoms with Crippen LogP contribution in [0.3, 0.4) is 0 Å². The van der Waals surface area contributed by atoms with E-state index in [2.05, 4.69) is 0 Å². The van der Waals surface area contributed by atoms with Gasteiger partial charge >= 0.3 is 0 Å². The summed E-state index contributed by atoms with van der Waals surface area (Å²) in [5, 5.41) is 1.78. The summed E-state index contributed by atoms with van der Waals surface area (Å²) in [5.41, 5.74) is 0.461. The molecule has 0 spiro atoms. The fourth-order valence-electron chi connectivity index (χ4n) is 0.749. The smallest absolute Gasteiger partial charge is 0.228 e. The van der Waals surface area contributed by atoms with E-state index >= 15 is 0 Å². The van der Waals surface area contributed by atoms with Crippen molar-refractivity contribution in [1.29, 1.82) is 0 Å². The first kappa shape index (κ1) is 9.32. The number of rotatable bonds is 2. The summed E-state index contributed by atoms with van der Waals surface area (Å²) in [6.07, 6.45) is 0.474. The minimum Gasteiger partial charge on any atom is -0.277 e. The minimum absolute atomic E-state index is 0.440. The summed E-state index contributed by atoms with van der Waals surface area (Å²) < 4.78 is 0. The third-order valence-electron chi connectivity index (χ3n) is 1.26. The summed E-state index contributed by atoms with van der Waals surface area (Å²) in [4.78, 5) is 10.2. The Morgan fingerprint density at radius 1 is 1.25 bits per heavy atom. The van der Waals surface area contributed by atoms with Crippen molar-refractivity contribution in [3.63, 3.8) is 0 Å². The van der Waals surface area contributed by atoms with Gasteiger partial charge in [0.15, 0.2) is 0 Å². The zero-order chi connectivity index (χ0) is 9.14. The Morgan fingerprint density at radius 2 is 1.75 bits per heavy atom. The van der Waals surface area contributed by atoms with Crippen molar-refractivity contribution in [2.24, 2.45) is 5.84 Å². The van der Waals surface area contributed by atoms with Gasteiger partial charge in [0.1, 0.15) is 0 Å². The molecule has 1 rings (SSSR count). The van der Waals surface area contributed by atoms with Crippen LogP contribution >= 0.6 is 23.2 Å². The molecule has 0 bridgehead atoms. The van der Waals surface area contributed by atoms with Gasteiger partial charge in [-0.1, -0.05) is 23.2 Å². The molecule has 5 heteroatoms. The molecule has 64 valence electrons. The van der Waals surface area contributed by atoms with E-state index in [1.807, 2.05) is 0 Å². The number of benzene rings is 1. The van der Waals surface area contributed by atoms with Gasteiger partial charge in [0.25, 0.3) is 0 Å². The average Bonchev–Trinajstić information content (AvgIpc) is 2.01. The van der Waals surface area contributed by atoms with Gasteiger partial charge in [-0.25, -0.2) is 5.84 Å². The lowest BCUT2D eigenvalue weighted by atomic mass is 10.3. The molecular formula is C7H6Cl2N2O. The van der Waals surface area contributed by atoms with Gasteiger partial charge in [0.2, 0.25) is 6.41 Å². The van der Waals surface area contributed by atoms with Gasteiger partial charge in [0.05, 0.1) is 5.69 Å². The lowest BCUT2D eigenvalue weighted by Gasteiger charge is -2.10. The van der Waals surface area contributed by atoms with Crippen LogP contribution in [0.25, 0.3) is 0 Å². The van der Waals surface area contributed by atoms with E-state index in [0.717, 1.165) is 5.01 Å². The van der Waals surface area contributed by atoms with E-state index in [-0.39, 0.29) is 0 Å². The molecule has 1 aromatic rings. The topological polar surface area (TPSA) is 46.3 Å². The lowest BCUT2D eigenvalue weighted by molar-refractivity contribution is -0.107. The first-order chi connectivity index (χ1) is 5.63. The van der Waals surface area contributed by atoms with Crippen molar-refractivity contribution in [2.45, 2.75) is 0 Å². The molecule has 3 nitrogen and oxygen atoms in total. The standard InChI is InChI=1S/C7H6Cl2N2O/c8-5-1-6(9)3-7(2-5)11(10)4-12/h1-4H,10H2. The normalized spacial score (nSPS) is 9.58. The average molecular weight is 205 g/mol. The summed E-state index contributed by atoms with van der Waals surface area (Å²) in [6.45, 7) is 0. The number of carbonyl (C=O) groups is 1. The van der Waals surface area contributed by atoms with E-state index in [1.165, 1.54) is 0 Å². The molecule has 0 saturated carbocycles. The molecule has 0 unspecified atom stereocenters. The van der Waals surface area contributed by atoms with Gasteiger partial charge in [-0.3, -0.25) is 9.80 Å². The number of hydrogen-bond donors (Lipinski definition) is 1. The van der Waals surface area contributed by atoms with E-state index in [4.69, 9.17) is 29.0 Å². The Hall–Kier alpha value is -0.770. The highest BCUT2D eigenvalue weighted by Gasteiger charge is 2.01. The number of anilines is 1. The third kappa shape index (κ3) is 2.11. The molecule has 0 aliphatic rings. The molecule has 1 amide bonds. The summed E-state index contributed by atoms with van der Waals surface area (Å²) in [6, 6.07) is 4.65. The number of carbonyl (C=O) groups excluding carboxylic acids is 1. The van der Waals surface area contributed by atoms with E-state index < -0.39 is 0 Å². The Balaban J connectivity index is 3.08. The molecule has 0 radical (unpaired) electrons. The van der Waals surface area contributed by atoms with Crippen molar-refractivity contribution < 1.29 is 4.79 Å². The Bertz CT molecular complexity index is 283. The molecule has 2 N–H and O–H groups in total. The van der Waals surface area contributed by atoms with Gasteiger partial charge in [0, 0.05) is 10.0 Å². The molecular weight excluding hydrogens is 199 g/mol. The largest absolute Gasteiger partial charge is 0.277 e. The number of nitrogens with zero attached hydrogens (tertiary/aromatic N) is 1. The van der Waals surface area contributed by atoms with Gasteiger partial charge in [-0.05, 0) is 18.2 Å². The van der Waals surface area contributed by atoms with Crippen LogP contribution in [0.4, 0.5) is 5.69 Å². The maximum absolute atomic E-state index is 10.2. The molecule has 0 fully saturated rings. The molecule has 0 aromatic heterocycles. The molecule has 0 heterocycles. The van der Waals surface area contributed by atoms with E-state index in [1.54, 1.807) is 18.2 Å². The van der Waals surface area contributed by atoms with Crippen LogP contribution in [0.15, 0.2) is 18.2 Å². The summed E-state index contributed by atoms with van der Waals surface area (Å²) >= 11 is 11.3. The second kappa shape index (κ2) is 3.76. The van der Waals surface area contributed by atoms with Crippen LogP contribution in [0.2, 0.25) is 10.0 Å². The highest BCUT2D eigenvalue weighted by Crippen LogP contribution is 2.23. The number of nitrogens with two attached hydrogens (primary N) is 1. The Morgan fingerprint density at radius 3 is 2.17 bits per heavy atom. The molecule has 12 heavy (non-hydrogen) atoms. The third-order valence-corrected chi connectivity index (χ3v) is 1.70. The van der Waals surface area contributed by atoms with E-state index in [0.29, 0.717) is 22.1 Å². The Kier molecular flexibility index (Phi) is 2.92. The SMILES string of the molecule is NN(C=O)c1cc(Cl)cc(Cl)c1. The molecule has 0 aliphatic heterocycles. The second-order valence-corrected chi connectivity index (χ2v) is 3.01. The highest BCUT2D eigenvalue weighted by molar-refractivity contribution is 6.35. The fraction of sp³-hybridized carbons (Fsp3) is 0. The van der Waals surface area contributed by atoms with Crippen LogP contribution in [0.1, 0.15) is 0 Å². The van der Waals surface area contributed by atoms with Crippen molar-refractivity contribution in [3.8, 4) is 0 Å². The molecule has 0 atom stereocenters. The maximum Gasteiger partial charge on any atom is 0.228 e. The quantitative estimate of drug-likeness (QED) is 0.346. The van der Waals surface area contributed by atoms with E-state index in [9.17, 15) is 4.79 Å². The summed E-state index contributed by atoms with van der Waals surface area (Å²) in [5.74, 6) is 5.28. The predicted octanol–water partition coefficient (Wildman–Crippen LogP) is 1.83. The predicted molar refractivity (Wildman–Crippen MR) is 49.2 cm³/mol. The van der Waals surface area contributed by atoms with Crippen LogP contribution < -0.4 is 10.9 Å². The summed E-state index contributed by atoms with van der Waals surface area (Å²) in [7, 11) is 0. The number of hydrazine groups is 1. The van der Waals surface area contributed by atoms with Crippen LogP contribution in [0, 0.1) is 0 Å². The van der Waals surface area contributed by atoms with Crippen LogP contribution in [-0.4, -0.2) is 6.41 Å². The highest BCUT2D eigenvalue weighted by atomic mass is 35.5. The monoisotopic (exact) mass is 204 g/mol. The molecule has 1 aromatic carbocycles. The lowest BCUT2D eigenvalue weighted by Crippen LogP contribution is -2.28. The number of hydrogen-bond acceptors (Lipinski definition) is 2. The van der Waals surface area contributed by atoms with Crippen molar-refractivity contribution in [3.05, 3.63) is 28.2 Å². The fourth-order valence-corrected chi connectivity index (χ4v) is 1.26. The number of halogens is 2. The first-order valence-electron chi connectivity index (χ1n) is 3.09. The zero-order valence-electron chi connectivity index (χ0n) is 6.00. The zero-order valence-corrected chi connectivity index (χ0v) is 7.51. The number of amides is 1. The van der Waals surface area contributed by atoms with Crippen molar-refractivity contribution in [1.82, 2.24) is 0 Å². The van der Waals surface area contributed by atoms with Crippen molar-refractivity contribution >= 4 is 35.3 Å². The minimum atomic E-state index is 0.440. The Labute approximate surface area is 79.6 Å². The molecule has 0 saturated heterocycles. The van der Waals surface area contributed by atoms with Crippen LogP contribution in [-0.2, 0) is 4.79 Å². The second-order valence-electron chi connectivity index (χ2n) is 2.14. The molecule has 0 aliphatic carbocycles. The van der Waals surface area contributed by atoms with Gasteiger partial charge in [-0.2, -0.15) is 0 Å². The van der Waals surface area contributed by atoms with Gasteiger partial charge < -0.3 is 0 Å².